The molecule has 2 heterocycles. The second-order valence-electron chi connectivity index (χ2n) is 8.11. The molecule has 0 radical (unpaired) electrons. The number of hydrogen-bond acceptors (Lipinski definition) is 7. The predicted molar refractivity (Wildman–Crippen MR) is 135 cm³/mol. The summed E-state index contributed by atoms with van der Waals surface area (Å²) in [5.74, 6) is 0.994. The van der Waals surface area contributed by atoms with Gasteiger partial charge in [-0.3, -0.25) is 0 Å². The molecule has 0 aliphatic heterocycles. The average molecular weight is 485 g/mol. The Kier molecular flexibility index (Phi) is 6.03. The maximum Gasteiger partial charge on any atom is 0.328 e. The van der Waals surface area contributed by atoms with E-state index in [1.165, 1.54) is 21.1 Å². The van der Waals surface area contributed by atoms with E-state index in [4.69, 9.17) is 13.6 Å². The minimum atomic E-state index is -0.817. The summed E-state index contributed by atoms with van der Waals surface area (Å²) < 4.78 is 21.9. The van der Waals surface area contributed by atoms with Gasteiger partial charge < -0.3 is 28.9 Å². The number of aromatic nitrogens is 1. The van der Waals surface area contributed by atoms with Crippen molar-refractivity contribution >= 4 is 39.8 Å². The van der Waals surface area contributed by atoms with Gasteiger partial charge in [-0.05, 0) is 55.5 Å². The largest absolute Gasteiger partial charge is 0.495 e. The van der Waals surface area contributed by atoms with Crippen LogP contribution in [0.5, 0.6) is 5.75 Å². The number of oxazole rings is 1. The molecule has 5 aromatic rings. The van der Waals surface area contributed by atoms with Crippen LogP contribution in [0, 0.1) is 0 Å². The molecule has 0 saturated carbocycles. The predicted octanol–water partition coefficient (Wildman–Crippen LogP) is 5.60. The van der Waals surface area contributed by atoms with Gasteiger partial charge in [-0.15, -0.1) is 0 Å². The van der Waals surface area contributed by atoms with Gasteiger partial charge in [0.2, 0.25) is 5.89 Å². The number of urea groups is 1. The summed E-state index contributed by atoms with van der Waals surface area (Å²) in [7, 11) is 2.75. The zero-order chi connectivity index (χ0) is 25.2. The first-order chi connectivity index (χ1) is 17.4. The van der Waals surface area contributed by atoms with E-state index in [1.54, 1.807) is 18.2 Å². The minimum absolute atomic E-state index is 0.376. The number of carbonyl (C=O) groups is 2. The molecule has 9 nitrogen and oxygen atoms in total. The molecule has 2 aromatic heterocycles. The lowest BCUT2D eigenvalue weighted by Crippen LogP contribution is -2.41. The highest BCUT2D eigenvalue weighted by molar-refractivity contribution is 5.94. The summed E-state index contributed by atoms with van der Waals surface area (Å²) in [5.41, 5.74) is 3.99. The van der Waals surface area contributed by atoms with Crippen LogP contribution in [0.1, 0.15) is 6.92 Å². The van der Waals surface area contributed by atoms with E-state index in [0.29, 0.717) is 34.0 Å². The van der Waals surface area contributed by atoms with Gasteiger partial charge in [0.05, 0.1) is 19.9 Å². The van der Waals surface area contributed by atoms with Crippen molar-refractivity contribution < 1.29 is 27.9 Å². The van der Waals surface area contributed by atoms with Crippen LogP contribution in [0.3, 0.4) is 0 Å². The highest BCUT2D eigenvalue weighted by Gasteiger charge is 2.18. The van der Waals surface area contributed by atoms with Gasteiger partial charge in [-0.2, -0.15) is 0 Å². The van der Waals surface area contributed by atoms with Crippen molar-refractivity contribution in [3.05, 3.63) is 66.7 Å². The second-order valence-corrected chi connectivity index (χ2v) is 8.11. The number of esters is 1. The maximum absolute atomic E-state index is 12.4. The third-order valence-corrected chi connectivity index (χ3v) is 5.69. The number of fused-ring (bicyclic) bond motifs is 2. The molecule has 0 saturated heterocycles. The molecule has 0 aliphatic carbocycles. The molecule has 0 aliphatic rings. The number of methoxy groups -OCH3 is 2. The molecular weight excluding hydrogens is 462 g/mol. The number of anilines is 1. The Morgan fingerprint density at radius 1 is 0.917 bits per heavy atom. The Morgan fingerprint density at radius 3 is 2.50 bits per heavy atom. The molecule has 0 fully saturated rings. The lowest BCUT2D eigenvalue weighted by molar-refractivity contribution is -0.142. The second kappa shape index (κ2) is 9.46. The number of para-hydroxylation sites is 1. The molecule has 3 aromatic carbocycles. The van der Waals surface area contributed by atoms with Gasteiger partial charge in [0.15, 0.2) is 5.58 Å². The summed E-state index contributed by atoms with van der Waals surface area (Å²) in [5, 5.41) is 6.23. The number of rotatable bonds is 6. The van der Waals surface area contributed by atoms with Gasteiger partial charge in [0, 0.05) is 16.5 Å². The third-order valence-electron chi connectivity index (χ3n) is 5.69. The van der Waals surface area contributed by atoms with Gasteiger partial charge in [0.25, 0.3) is 0 Å². The Labute approximate surface area is 206 Å². The molecule has 2 amide bonds. The van der Waals surface area contributed by atoms with Crippen molar-refractivity contribution in [1.29, 1.82) is 0 Å². The summed E-state index contributed by atoms with van der Waals surface area (Å²) >= 11 is 0. The summed E-state index contributed by atoms with van der Waals surface area (Å²) in [6, 6.07) is 19.3. The van der Waals surface area contributed by atoms with E-state index in [-0.39, 0.29) is 0 Å². The Hall–Kier alpha value is -4.79. The van der Waals surface area contributed by atoms with Gasteiger partial charge in [-0.25, -0.2) is 14.6 Å². The van der Waals surface area contributed by atoms with Gasteiger partial charge in [0.1, 0.15) is 28.7 Å². The molecule has 1 atom stereocenters. The molecule has 9 heteroatoms. The Morgan fingerprint density at radius 2 is 1.72 bits per heavy atom. The van der Waals surface area contributed by atoms with Crippen molar-refractivity contribution in [3.8, 4) is 28.5 Å². The van der Waals surface area contributed by atoms with Crippen molar-refractivity contribution in [2.75, 3.05) is 19.5 Å². The first kappa shape index (κ1) is 23.0. The lowest BCUT2D eigenvalue weighted by Gasteiger charge is -2.14. The average Bonchev–Trinajstić information content (AvgIpc) is 3.52. The smallest absolute Gasteiger partial charge is 0.328 e. The Bertz CT molecular complexity index is 1550. The van der Waals surface area contributed by atoms with Crippen LogP contribution in [0.4, 0.5) is 10.5 Å². The third kappa shape index (κ3) is 4.46. The standard InChI is InChI=1S/C27H23N3O6/c1-15(26(31)34-3)28-27(32)30-19-13-18(9-10-22(19)33-2)25-29-20-12-17(8-11-23(20)36-25)24-14-16-6-4-5-7-21(16)35-24/h4-15H,1-3H3,(H2,28,30,32). The minimum Gasteiger partial charge on any atom is -0.495 e. The number of nitrogens with one attached hydrogen (secondary N) is 2. The van der Waals surface area contributed by atoms with E-state index >= 15 is 0 Å². The topological polar surface area (TPSA) is 116 Å². The zero-order valence-corrected chi connectivity index (χ0v) is 19.8. The number of nitrogens with zero attached hydrogens (tertiary/aromatic N) is 1. The summed E-state index contributed by atoms with van der Waals surface area (Å²) in [6.45, 7) is 1.52. The molecule has 1 unspecified atom stereocenters. The number of benzene rings is 3. The van der Waals surface area contributed by atoms with Crippen molar-refractivity contribution in [3.63, 3.8) is 0 Å². The highest BCUT2D eigenvalue weighted by Crippen LogP contribution is 2.34. The van der Waals surface area contributed by atoms with Gasteiger partial charge in [-0.1, -0.05) is 18.2 Å². The van der Waals surface area contributed by atoms with E-state index in [0.717, 1.165) is 22.3 Å². The van der Waals surface area contributed by atoms with E-state index in [2.05, 4.69) is 20.4 Å². The summed E-state index contributed by atoms with van der Waals surface area (Å²) in [4.78, 5) is 28.6. The maximum atomic E-state index is 12.4. The number of hydrogen-bond donors (Lipinski definition) is 2. The Balaban J connectivity index is 1.43. The first-order valence-electron chi connectivity index (χ1n) is 11.2. The molecular formula is C27H23N3O6. The van der Waals surface area contributed by atoms with Crippen molar-refractivity contribution in [2.24, 2.45) is 0 Å². The fourth-order valence-electron chi connectivity index (χ4n) is 3.86. The molecule has 0 spiro atoms. The SMILES string of the molecule is COC(=O)C(C)NC(=O)Nc1cc(-c2nc3cc(-c4cc5ccccc5o4)ccc3o2)ccc1OC. The van der Waals surface area contributed by atoms with Crippen LogP contribution < -0.4 is 15.4 Å². The number of furan rings is 1. The fourth-order valence-corrected chi connectivity index (χ4v) is 3.86. The molecule has 5 rings (SSSR count). The van der Waals surface area contributed by atoms with Crippen LogP contribution in [0.15, 0.2) is 75.6 Å². The summed E-state index contributed by atoms with van der Waals surface area (Å²) in [6.07, 6.45) is 0. The van der Waals surface area contributed by atoms with Crippen LogP contribution in [-0.4, -0.2) is 37.2 Å². The molecule has 182 valence electrons. The van der Waals surface area contributed by atoms with Crippen LogP contribution in [0.25, 0.3) is 44.8 Å². The van der Waals surface area contributed by atoms with Crippen LogP contribution in [0.2, 0.25) is 0 Å². The molecule has 0 bridgehead atoms. The quantitative estimate of drug-likeness (QED) is 0.301. The molecule has 36 heavy (non-hydrogen) atoms. The van der Waals surface area contributed by atoms with Crippen LogP contribution in [-0.2, 0) is 9.53 Å². The number of carbonyl (C=O) groups excluding carboxylic acids is 2. The normalized spacial score (nSPS) is 11.9. The highest BCUT2D eigenvalue weighted by atomic mass is 16.5. The van der Waals surface area contributed by atoms with Crippen molar-refractivity contribution in [1.82, 2.24) is 10.3 Å². The number of ether oxygens (including phenoxy) is 2. The molecule has 2 N–H and O–H groups in total. The van der Waals surface area contributed by atoms with E-state index in [9.17, 15) is 9.59 Å². The fraction of sp³-hybridized carbons (Fsp3) is 0.148. The zero-order valence-electron chi connectivity index (χ0n) is 19.8. The van der Waals surface area contributed by atoms with E-state index in [1.807, 2.05) is 48.5 Å². The van der Waals surface area contributed by atoms with Crippen molar-refractivity contribution in [2.45, 2.75) is 13.0 Å². The van der Waals surface area contributed by atoms with Gasteiger partial charge >= 0.3 is 12.0 Å². The lowest BCUT2D eigenvalue weighted by atomic mass is 10.1. The van der Waals surface area contributed by atoms with Crippen LogP contribution >= 0.6 is 0 Å². The number of amides is 2. The van der Waals surface area contributed by atoms with E-state index < -0.39 is 18.0 Å². The first-order valence-corrected chi connectivity index (χ1v) is 11.2. The monoisotopic (exact) mass is 485 g/mol.